The summed E-state index contributed by atoms with van der Waals surface area (Å²) in [5.41, 5.74) is 6.03. The topological polar surface area (TPSA) is 336 Å². The third kappa shape index (κ3) is 9.56. The van der Waals surface area contributed by atoms with E-state index in [9.17, 15) is 48.3 Å². The first-order valence-electron chi connectivity index (χ1n) is 14.2. The molecule has 0 amide bonds. The van der Waals surface area contributed by atoms with Crippen LogP contribution in [0.4, 0.5) is 5.82 Å². The molecule has 11 atom stereocenters. The number of esters is 4. The predicted octanol–water partition coefficient (Wildman–Crippen LogP) is -1.64. The van der Waals surface area contributed by atoms with Gasteiger partial charge in [-0.2, -0.15) is 4.31 Å². The standard InChI is InChI=1S/C24H33N5O19P2/c1-9(30)40-5-14-18(42-10(2)31)19(43-11(3)32)20(44-12(4)33)24(46-14)47-50(38,39)48-49(36,37)41-6-13-16(34)17(35)23(45-13)29-8-28-15-21(25)26-7-27-22(15)29/h7-8,13-14,16-20,23-24,34-35H,5-6H2,1-4H3,(H,36,37)(H,38,39)(H2,25,26,27)/t13-,14-,16-,17-,18-,19+,20+,23-,24+/m1/s1. The minimum atomic E-state index is -5.81. The molecule has 2 unspecified atom stereocenters. The zero-order valence-corrected chi connectivity index (χ0v) is 28.2. The highest BCUT2D eigenvalue weighted by Gasteiger charge is 2.55. The summed E-state index contributed by atoms with van der Waals surface area (Å²) in [4.78, 5) is 79.8. The molecule has 4 heterocycles. The summed E-state index contributed by atoms with van der Waals surface area (Å²) >= 11 is 0. The number of aliphatic hydroxyl groups is 2. The zero-order valence-electron chi connectivity index (χ0n) is 26.4. The van der Waals surface area contributed by atoms with E-state index in [0.29, 0.717) is 0 Å². The van der Waals surface area contributed by atoms with E-state index in [4.69, 9.17) is 43.2 Å². The fourth-order valence-corrected chi connectivity index (χ4v) is 7.05. The van der Waals surface area contributed by atoms with Gasteiger partial charge in [0.2, 0.25) is 6.29 Å². The molecule has 24 nitrogen and oxygen atoms in total. The number of nitrogens with two attached hydrogens (primary N) is 1. The number of hydrogen-bond acceptors (Lipinski definition) is 21. The molecule has 0 aliphatic carbocycles. The van der Waals surface area contributed by atoms with Crippen molar-refractivity contribution in [2.45, 2.75) is 82.9 Å². The molecule has 278 valence electrons. The number of phosphoric acid groups is 2. The largest absolute Gasteiger partial charge is 0.483 e. The molecule has 50 heavy (non-hydrogen) atoms. The van der Waals surface area contributed by atoms with E-state index in [1.54, 1.807) is 0 Å². The van der Waals surface area contributed by atoms with Crippen molar-refractivity contribution >= 4 is 56.5 Å². The Morgan fingerprint density at radius 3 is 2.06 bits per heavy atom. The van der Waals surface area contributed by atoms with E-state index in [2.05, 4.69) is 19.3 Å². The maximum Gasteiger partial charge on any atom is 0.483 e. The molecule has 0 spiro atoms. The van der Waals surface area contributed by atoms with Crippen molar-refractivity contribution in [2.75, 3.05) is 18.9 Å². The number of nitrogen functional groups attached to an aromatic ring is 1. The second kappa shape index (κ2) is 15.7. The van der Waals surface area contributed by atoms with Crippen molar-refractivity contribution in [1.82, 2.24) is 19.5 Å². The fraction of sp³-hybridized carbons (Fsp3) is 0.625. The Labute approximate surface area is 280 Å². The number of carbonyl (C=O) groups is 4. The van der Waals surface area contributed by atoms with Gasteiger partial charge < -0.3 is 54.2 Å². The van der Waals surface area contributed by atoms with Crippen molar-refractivity contribution in [2.24, 2.45) is 0 Å². The summed E-state index contributed by atoms with van der Waals surface area (Å²) < 4.78 is 72.4. The van der Waals surface area contributed by atoms with Crippen LogP contribution < -0.4 is 5.73 Å². The lowest BCUT2D eigenvalue weighted by molar-refractivity contribution is -0.291. The average Bonchev–Trinajstić information content (AvgIpc) is 3.54. The van der Waals surface area contributed by atoms with Gasteiger partial charge in [0, 0.05) is 27.7 Å². The first-order valence-corrected chi connectivity index (χ1v) is 17.2. The Hall–Kier alpha value is -3.67. The van der Waals surface area contributed by atoms with Crippen molar-refractivity contribution in [3.05, 3.63) is 12.7 Å². The molecule has 0 saturated carbocycles. The summed E-state index contributed by atoms with van der Waals surface area (Å²) in [6, 6.07) is 0. The molecule has 2 aromatic heterocycles. The number of anilines is 1. The van der Waals surface area contributed by atoms with E-state index < -0.39 is 108 Å². The maximum absolute atomic E-state index is 13.0. The van der Waals surface area contributed by atoms with Crippen molar-refractivity contribution in [3.63, 3.8) is 0 Å². The Morgan fingerprint density at radius 2 is 1.44 bits per heavy atom. The lowest BCUT2D eigenvalue weighted by atomic mass is 9.98. The number of ether oxygens (including phenoxy) is 6. The third-order valence-electron chi connectivity index (χ3n) is 6.79. The molecular formula is C24H33N5O19P2. The van der Waals surface area contributed by atoms with Crippen LogP contribution in [0.5, 0.6) is 0 Å². The van der Waals surface area contributed by atoms with Crippen LogP contribution in [0.3, 0.4) is 0 Å². The van der Waals surface area contributed by atoms with Gasteiger partial charge in [-0.1, -0.05) is 0 Å². The van der Waals surface area contributed by atoms with E-state index in [1.165, 1.54) is 10.9 Å². The summed E-state index contributed by atoms with van der Waals surface area (Å²) in [6.45, 7) is 2.06. The van der Waals surface area contributed by atoms with Crippen LogP contribution in [0, 0.1) is 0 Å². The van der Waals surface area contributed by atoms with Gasteiger partial charge in [0.1, 0.15) is 42.9 Å². The molecular weight excluding hydrogens is 724 g/mol. The minimum Gasteiger partial charge on any atom is -0.463 e. The van der Waals surface area contributed by atoms with Crippen LogP contribution in [0.25, 0.3) is 11.2 Å². The van der Waals surface area contributed by atoms with Gasteiger partial charge in [0.15, 0.2) is 36.0 Å². The number of rotatable bonds is 13. The molecule has 2 saturated heterocycles. The Bertz CT molecular complexity index is 1690. The first-order chi connectivity index (χ1) is 23.3. The van der Waals surface area contributed by atoms with Crippen LogP contribution in [0.1, 0.15) is 33.9 Å². The van der Waals surface area contributed by atoms with Crippen LogP contribution in [0.2, 0.25) is 0 Å². The Balaban J connectivity index is 1.49. The molecule has 2 aliphatic rings. The minimum absolute atomic E-state index is 0.0134. The Kier molecular flexibility index (Phi) is 12.3. The van der Waals surface area contributed by atoms with Crippen LogP contribution in [-0.4, -0.2) is 126 Å². The first kappa shape index (κ1) is 39.1. The highest BCUT2D eigenvalue weighted by Crippen LogP contribution is 2.61. The maximum atomic E-state index is 13.0. The van der Waals surface area contributed by atoms with Gasteiger partial charge in [-0.05, 0) is 0 Å². The molecule has 2 aliphatic heterocycles. The van der Waals surface area contributed by atoms with E-state index in [0.717, 1.165) is 34.0 Å². The predicted molar refractivity (Wildman–Crippen MR) is 155 cm³/mol. The monoisotopic (exact) mass is 757 g/mol. The van der Waals surface area contributed by atoms with Crippen molar-refractivity contribution in [3.8, 4) is 0 Å². The van der Waals surface area contributed by atoms with Crippen molar-refractivity contribution < 1.29 is 90.1 Å². The molecule has 0 aromatic carbocycles. The van der Waals surface area contributed by atoms with Crippen molar-refractivity contribution in [1.29, 1.82) is 0 Å². The molecule has 26 heteroatoms. The number of aromatic nitrogens is 4. The normalized spacial score (nSPS) is 30.5. The SMILES string of the molecule is CC(=O)OC[C@H]1O[C@@H](OP(=O)(O)OP(=O)(O)OC[C@H]2O[C@@H](n3cnc4c(N)ncnc43)[C@H](O)[C@@H]2O)[C@@H](OC(C)=O)[C@@H](OC(C)=O)[C@@H]1OC(C)=O. The second-order valence-corrected chi connectivity index (χ2v) is 13.6. The highest BCUT2D eigenvalue weighted by atomic mass is 31.3. The number of nitrogens with zero attached hydrogens (tertiary/aromatic N) is 4. The summed E-state index contributed by atoms with van der Waals surface area (Å²) in [5, 5.41) is 21.1. The fourth-order valence-electron chi connectivity index (χ4n) is 4.90. The average molecular weight is 757 g/mol. The number of phosphoric ester groups is 2. The number of imidazole rings is 1. The van der Waals surface area contributed by atoms with Gasteiger partial charge in [-0.15, -0.1) is 0 Å². The lowest BCUT2D eigenvalue weighted by Crippen LogP contribution is -2.62. The molecule has 4 rings (SSSR count). The third-order valence-corrected chi connectivity index (χ3v) is 9.39. The van der Waals surface area contributed by atoms with Gasteiger partial charge in [-0.3, -0.25) is 32.8 Å². The molecule has 2 fully saturated rings. The second-order valence-electron chi connectivity index (χ2n) is 10.6. The Morgan fingerprint density at radius 1 is 0.820 bits per heavy atom. The smallest absolute Gasteiger partial charge is 0.463 e. The molecule has 0 bridgehead atoms. The quantitative estimate of drug-likeness (QED) is 0.0869. The highest BCUT2D eigenvalue weighted by molar-refractivity contribution is 7.61. The number of aliphatic hydroxyl groups excluding tert-OH is 2. The molecule has 0 radical (unpaired) electrons. The molecule has 2 aromatic rings. The van der Waals surface area contributed by atoms with Gasteiger partial charge >= 0.3 is 39.5 Å². The van der Waals surface area contributed by atoms with Gasteiger partial charge in [-0.25, -0.2) is 24.1 Å². The number of hydrogen-bond donors (Lipinski definition) is 5. The van der Waals surface area contributed by atoms with E-state index in [-0.39, 0.29) is 17.0 Å². The molecule has 6 N–H and O–H groups in total. The summed E-state index contributed by atoms with van der Waals surface area (Å²) in [5.74, 6) is -3.88. The van der Waals surface area contributed by atoms with Crippen LogP contribution in [-0.2, 0) is 70.1 Å². The van der Waals surface area contributed by atoms with Crippen LogP contribution >= 0.6 is 15.6 Å². The lowest BCUT2D eigenvalue weighted by Gasteiger charge is -2.43. The van der Waals surface area contributed by atoms with Crippen LogP contribution in [0.15, 0.2) is 12.7 Å². The van der Waals surface area contributed by atoms with Gasteiger partial charge in [0.25, 0.3) is 0 Å². The summed E-state index contributed by atoms with van der Waals surface area (Å²) in [7, 11) is -11.4. The van der Waals surface area contributed by atoms with E-state index in [1.807, 2.05) is 0 Å². The van der Waals surface area contributed by atoms with Gasteiger partial charge in [0.05, 0.1) is 12.9 Å². The van der Waals surface area contributed by atoms with E-state index >= 15 is 0 Å². The zero-order chi connectivity index (χ0) is 37.1. The summed E-state index contributed by atoms with van der Waals surface area (Å²) in [6.07, 6.45) is -13.3. The number of fused-ring (bicyclic) bond motifs is 1. The number of carbonyl (C=O) groups excluding carboxylic acids is 4.